The minimum atomic E-state index is -0.891. The standard InChI is InChI=1S/2C4H6O2.Y/c2*1-2-3-4(5)6;/h2*2-3H,1H3,(H,5,6);/b2*3-2-;. The third-order valence-corrected chi connectivity index (χ3v) is 0.618. The van der Waals surface area contributed by atoms with Crippen molar-refractivity contribution in [1.29, 1.82) is 0 Å². The van der Waals surface area contributed by atoms with Crippen LogP contribution in [0.1, 0.15) is 13.8 Å². The van der Waals surface area contributed by atoms with Crippen molar-refractivity contribution < 1.29 is 52.5 Å². The van der Waals surface area contributed by atoms with Gasteiger partial charge in [-0.1, -0.05) is 12.2 Å². The molecule has 0 rings (SSSR count). The van der Waals surface area contributed by atoms with Gasteiger partial charge in [0.15, 0.2) is 0 Å². The third-order valence-electron chi connectivity index (χ3n) is 0.618. The Morgan fingerprint density at radius 2 is 1.15 bits per heavy atom. The van der Waals surface area contributed by atoms with Gasteiger partial charge < -0.3 is 10.2 Å². The number of carboxylic acids is 2. The van der Waals surface area contributed by atoms with Gasteiger partial charge in [0.05, 0.1) is 0 Å². The summed E-state index contributed by atoms with van der Waals surface area (Å²) in [4.78, 5) is 19.0. The Balaban J connectivity index is -0.000000143. The molecular formula is C8H12O4Y. The Kier molecular flexibility index (Phi) is 19.8. The van der Waals surface area contributed by atoms with E-state index in [1.807, 2.05) is 0 Å². The van der Waals surface area contributed by atoms with E-state index in [2.05, 4.69) is 0 Å². The van der Waals surface area contributed by atoms with Gasteiger partial charge in [0, 0.05) is 44.9 Å². The smallest absolute Gasteiger partial charge is 0.327 e. The largest absolute Gasteiger partial charge is 0.478 e. The van der Waals surface area contributed by atoms with Crippen LogP contribution in [0.4, 0.5) is 0 Å². The maximum Gasteiger partial charge on any atom is 0.327 e. The van der Waals surface area contributed by atoms with Crippen LogP contribution in [-0.2, 0) is 42.3 Å². The van der Waals surface area contributed by atoms with Crippen LogP contribution < -0.4 is 0 Å². The Bertz CT molecular complexity index is 174. The molecule has 0 unspecified atom stereocenters. The van der Waals surface area contributed by atoms with E-state index in [-0.39, 0.29) is 32.7 Å². The number of carboxylic acid groups (broad SMARTS) is 2. The Morgan fingerprint density at radius 1 is 0.923 bits per heavy atom. The van der Waals surface area contributed by atoms with Crippen molar-refractivity contribution in [1.82, 2.24) is 0 Å². The summed E-state index contributed by atoms with van der Waals surface area (Å²) >= 11 is 0. The van der Waals surface area contributed by atoms with Crippen molar-refractivity contribution in [3.63, 3.8) is 0 Å². The van der Waals surface area contributed by atoms with Crippen LogP contribution in [-0.4, -0.2) is 22.2 Å². The van der Waals surface area contributed by atoms with E-state index in [0.717, 1.165) is 12.2 Å². The Hall–Kier alpha value is -0.476. The third kappa shape index (κ3) is 34.3. The minimum Gasteiger partial charge on any atom is -0.478 e. The monoisotopic (exact) mass is 261 g/mol. The Labute approximate surface area is 102 Å². The van der Waals surface area contributed by atoms with Crippen LogP contribution in [0.5, 0.6) is 0 Å². The van der Waals surface area contributed by atoms with E-state index in [0.29, 0.717) is 0 Å². The predicted molar refractivity (Wildman–Crippen MR) is 44.9 cm³/mol. The average molecular weight is 261 g/mol. The van der Waals surface area contributed by atoms with Gasteiger partial charge in [0.2, 0.25) is 0 Å². The molecule has 0 aliphatic carbocycles. The molecule has 0 atom stereocenters. The number of hydrogen-bond acceptors (Lipinski definition) is 2. The molecular weight excluding hydrogens is 249 g/mol. The van der Waals surface area contributed by atoms with Crippen molar-refractivity contribution in [2.75, 3.05) is 0 Å². The fraction of sp³-hybridized carbons (Fsp3) is 0.250. The zero-order valence-corrected chi connectivity index (χ0v) is 10.4. The second-order valence-electron chi connectivity index (χ2n) is 1.68. The molecule has 0 bridgehead atoms. The van der Waals surface area contributed by atoms with E-state index in [4.69, 9.17) is 10.2 Å². The quantitative estimate of drug-likeness (QED) is 0.734. The van der Waals surface area contributed by atoms with E-state index in [9.17, 15) is 9.59 Å². The van der Waals surface area contributed by atoms with Crippen LogP contribution in [0, 0.1) is 0 Å². The normalized spacial score (nSPS) is 8.77. The van der Waals surface area contributed by atoms with Gasteiger partial charge in [-0.3, -0.25) is 0 Å². The fourth-order valence-corrected chi connectivity index (χ4v) is 0.285. The van der Waals surface area contributed by atoms with Crippen LogP contribution in [0.15, 0.2) is 24.3 Å². The molecule has 0 aromatic rings. The molecule has 1 radical (unpaired) electrons. The second-order valence-corrected chi connectivity index (χ2v) is 1.68. The first-order valence-corrected chi connectivity index (χ1v) is 3.25. The number of allylic oxidation sites excluding steroid dienone is 2. The molecule has 0 aromatic heterocycles. The van der Waals surface area contributed by atoms with Gasteiger partial charge in [0.1, 0.15) is 0 Å². The molecule has 4 nitrogen and oxygen atoms in total. The number of hydrogen-bond donors (Lipinski definition) is 2. The molecule has 0 aliphatic rings. The molecule has 2 N–H and O–H groups in total. The summed E-state index contributed by atoms with van der Waals surface area (Å²) in [7, 11) is 0. The van der Waals surface area contributed by atoms with Crippen molar-refractivity contribution in [3.8, 4) is 0 Å². The second kappa shape index (κ2) is 14.1. The molecule has 71 valence electrons. The molecule has 0 aliphatic heterocycles. The first kappa shape index (κ1) is 18.3. The van der Waals surface area contributed by atoms with E-state index in [1.165, 1.54) is 12.2 Å². The van der Waals surface area contributed by atoms with Gasteiger partial charge in [0.25, 0.3) is 0 Å². The zero-order valence-electron chi connectivity index (χ0n) is 7.60. The summed E-state index contributed by atoms with van der Waals surface area (Å²) in [5.41, 5.74) is 0. The van der Waals surface area contributed by atoms with Gasteiger partial charge in [-0.25, -0.2) is 9.59 Å². The van der Waals surface area contributed by atoms with E-state index >= 15 is 0 Å². The van der Waals surface area contributed by atoms with Crippen LogP contribution in [0.25, 0.3) is 0 Å². The van der Waals surface area contributed by atoms with Crippen molar-refractivity contribution in [3.05, 3.63) is 24.3 Å². The molecule has 0 saturated heterocycles. The van der Waals surface area contributed by atoms with E-state index in [1.54, 1.807) is 13.8 Å². The molecule has 0 fully saturated rings. The summed E-state index contributed by atoms with van der Waals surface area (Å²) in [5.74, 6) is -1.78. The molecule has 5 heteroatoms. The van der Waals surface area contributed by atoms with Gasteiger partial charge in [-0.05, 0) is 13.8 Å². The molecule has 0 aromatic carbocycles. The molecule has 13 heavy (non-hydrogen) atoms. The first-order chi connectivity index (χ1) is 5.54. The van der Waals surface area contributed by atoms with Crippen molar-refractivity contribution in [2.45, 2.75) is 13.8 Å². The summed E-state index contributed by atoms with van der Waals surface area (Å²) in [6.07, 6.45) is 5.12. The maximum absolute atomic E-state index is 9.51. The molecule has 0 heterocycles. The van der Waals surface area contributed by atoms with Gasteiger partial charge >= 0.3 is 11.9 Å². The molecule has 0 spiro atoms. The van der Waals surface area contributed by atoms with E-state index < -0.39 is 11.9 Å². The van der Waals surface area contributed by atoms with Gasteiger partial charge in [-0.15, -0.1) is 0 Å². The summed E-state index contributed by atoms with van der Waals surface area (Å²) < 4.78 is 0. The van der Waals surface area contributed by atoms with Crippen LogP contribution >= 0.6 is 0 Å². The number of aliphatic carboxylic acids is 2. The van der Waals surface area contributed by atoms with Crippen LogP contribution in [0.2, 0.25) is 0 Å². The molecule has 0 saturated carbocycles. The van der Waals surface area contributed by atoms with Crippen molar-refractivity contribution in [2.24, 2.45) is 0 Å². The molecule has 0 amide bonds. The number of carbonyl (C=O) groups is 2. The number of rotatable bonds is 2. The van der Waals surface area contributed by atoms with Crippen molar-refractivity contribution >= 4 is 11.9 Å². The first-order valence-electron chi connectivity index (χ1n) is 3.25. The average Bonchev–Trinajstić information content (AvgIpc) is 1.87. The summed E-state index contributed by atoms with van der Waals surface area (Å²) in [5, 5.41) is 15.7. The topological polar surface area (TPSA) is 74.6 Å². The SMILES string of the molecule is C/C=C\C(=O)O.C/C=C\C(=O)O.[Y]. The summed E-state index contributed by atoms with van der Waals surface area (Å²) in [6, 6.07) is 0. The minimum absolute atomic E-state index is 0. The maximum atomic E-state index is 9.51. The fourth-order valence-electron chi connectivity index (χ4n) is 0.285. The predicted octanol–water partition coefficient (Wildman–Crippen LogP) is 1.29. The van der Waals surface area contributed by atoms with Crippen LogP contribution in [0.3, 0.4) is 0 Å². The Morgan fingerprint density at radius 3 is 1.15 bits per heavy atom. The zero-order chi connectivity index (χ0) is 9.98. The van der Waals surface area contributed by atoms with Gasteiger partial charge in [-0.2, -0.15) is 0 Å². The summed E-state index contributed by atoms with van der Waals surface area (Å²) in [6.45, 7) is 3.32.